The standard InChI is InChI=1S/C12H11ClFN3/c1-8-7-15-12(13)16-11(8)17(2)10-6-4-3-5-9(10)14/h3-7H,1-2H3. The molecular formula is C12H11ClFN3. The molecule has 0 spiro atoms. The predicted molar refractivity (Wildman–Crippen MR) is 66.2 cm³/mol. The van der Waals surface area contributed by atoms with Crippen molar-refractivity contribution in [2.75, 3.05) is 11.9 Å². The SMILES string of the molecule is Cc1cnc(Cl)nc1N(C)c1ccccc1F. The highest BCUT2D eigenvalue weighted by atomic mass is 35.5. The summed E-state index contributed by atoms with van der Waals surface area (Å²) in [6, 6.07) is 6.51. The summed E-state index contributed by atoms with van der Waals surface area (Å²) in [5, 5.41) is 0.147. The molecule has 1 heterocycles. The molecule has 0 bridgehead atoms. The Hall–Kier alpha value is -1.68. The van der Waals surface area contributed by atoms with Gasteiger partial charge in [-0.3, -0.25) is 0 Å². The van der Waals surface area contributed by atoms with Gasteiger partial charge in [-0.15, -0.1) is 0 Å². The summed E-state index contributed by atoms with van der Waals surface area (Å²) in [7, 11) is 1.74. The van der Waals surface area contributed by atoms with Crippen LogP contribution in [0.1, 0.15) is 5.56 Å². The maximum Gasteiger partial charge on any atom is 0.224 e. The van der Waals surface area contributed by atoms with Gasteiger partial charge < -0.3 is 4.90 Å². The first kappa shape index (κ1) is 11.8. The Kier molecular flexibility index (Phi) is 3.24. The van der Waals surface area contributed by atoms with E-state index in [-0.39, 0.29) is 11.1 Å². The van der Waals surface area contributed by atoms with Gasteiger partial charge in [-0.1, -0.05) is 12.1 Å². The molecule has 0 amide bonds. The minimum atomic E-state index is -0.302. The molecular weight excluding hydrogens is 241 g/mol. The van der Waals surface area contributed by atoms with Crippen molar-refractivity contribution >= 4 is 23.1 Å². The van der Waals surface area contributed by atoms with E-state index < -0.39 is 0 Å². The van der Waals surface area contributed by atoms with Gasteiger partial charge in [0.05, 0.1) is 5.69 Å². The molecule has 0 saturated heterocycles. The van der Waals surface area contributed by atoms with Crippen LogP contribution >= 0.6 is 11.6 Å². The summed E-state index contributed by atoms with van der Waals surface area (Å²) in [5.74, 6) is 0.291. The molecule has 0 aliphatic heterocycles. The van der Waals surface area contributed by atoms with Crippen molar-refractivity contribution in [3.63, 3.8) is 0 Å². The Balaban J connectivity index is 2.47. The number of hydrogen-bond donors (Lipinski definition) is 0. The second-order valence-electron chi connectivity index (χ2n) is 3.66. The molecule has 0 aliphatic carbocycles. The quantitative estimate of drug-likeness (QED) is 0.767. The van der Waals surface area contributed by atoms with E-state index in [1.54, 1.807) is 36.3 Å². The Morgan fingerprint density at radius 3 is 2.71 bits per heavy atom. The summed E-state index contributed by atoms with van der Waals surface area (Å²) in [4.78, 5) is 9.63. The number of benzene rings is 1. The van der Waals surface area contributed by atoms with E-state index in [9.17, 15) is 4.39 Å². The van der Waals surface area contributed by atoms with Gasteiger partial charge in [0, 0.05) is 18.8 Å². The zero-order valence-corrected chi connectivity index (χ0v) is 10.2. The highest BCUT2D eigenvalue weighted by Gasteiger charge is 2.13. The molecule has 3 nitrogen and oxygen atoms in total. The van der Waals surface area contributed by atoms with Crippen LogP contribution in [0.5, 0.6) is 0 Å². The lowest BCUT2D eigenvalue weighted by Crippen LogP contribution is -2.14. The topological polar surface area (TPSA) is 29.0 Å². The number of hydrogen-bond acceptors (Lipinski definition) is 3. The fourth-order valence-electron chi connectivity index (χ4n) is 1.59. The number of para-hydroxylation sites is 1. The maximum absolute atomic E-state index is 13.6. The molecule has 1 aromatic heterocycles. The Morgan fingerprint density at radius 2 is 2.00 bits per heavy atom. The minimum absolute atomic E-state index is 0.147. The van der Waals surface area contributed by atoms with Crippen LogP contribution in [0.2, 0.25) is 5.28 Å². The third kappa shape index (κ3) is 2.36. The van der Waals surface area contributed by atoms with Gasteiger partial charge >= 0.3 is 0 Å². The van der Waals surface area contributed by atoms with Crippen molar-refractivity contribution in [2.45, 2.75) is 6.92 Å². The molecule has 0 saturated carbocycles. The first-order chi connectivity index (χ1) is 8.09. The van der Waals surface area contributed by atoms with Crippen LogP contribution in [0, 0.1) is 12.7 Å². The van der Waals surface area contributed by atoms with Crippen molar-refractivity contribution < 1.29 is 4.39 Å². The first-order valence-corrected chi connectivity index (χ1v) is 5.45. The smallest absolute Gasteiger partial charge is 0.224 e. The van der Waals surface area contributed by atoms with Crippen LogP contribution in [0.3, 0.4) is 0 Å². The van der Waals surface area contributed by atoms with E-state index in [2.05, 4.69) is 9.97 Å². The van der Waals surface area contributed by atoms with Gasteiger partial charge in [-0.05, 0) is 30.7 Å². The number of aryl methyl sites for hydroxylation is 1. The van der Waals surface area contributed by atoms with Crippen molar-refractivity contribution in [2.24, 2.45) is 0 Å². The summed E-state index contributed by atoms with van der Waals surface area (Å²) < 4.78 is 13.6. The lowest BCUT2D eigenvalue weighted by Gasteiger charge is -2.20. The van der Waals surface area contributed by atoms with E-state index in [1.807, 2.05) is 6.92 Å². The number of aromatic nitrogens is 2. The van der Waals surface area contributed by atoms with Crippen LogP contribution in [0.15, 0.2) is 30.5 Å². The number of halogens is 2. The van der Waals surface area contributed by atoms with Crippen molar-refractivity contribution in [3.8, 4) is 0 Å². The average Bonchev–Trinajstić information content (AvgIpc) is 2.32. The lowest BCUT2D eigenvalue weighted by atomic mass is 10.2. The fraction of sp³-hybridized carbons (Fsp3) is 0.167. The molecule has 2 aromatic rings. The van der Waals surface area contributed by atoms with Crippen molar-refractivity contribution in [1.29, 1.82) is 0 Å². The van der Waals surface area contributed by atoms with Gasteiger partial charge in [-0.25, -0.2) is 9.37 Å². The van der Waals surface area contributed by atoms with E-state index in [4.69, 9.17) is 11.6 Å². The normalized spacial score (nSPS) is 10.4. The van der Waals surface area contributed by atoms with E-state index in [0.29, 0.717) is 11.5 Å². The molecule has 0 unspecified atom stereocenters. The number of rotatable bonds is 2. The van der Waals surface area contributed by atoms with Gasteiger partial charge in [-0.2, -0.15) is 4.98 Å². The van der Waals surface area contributed by atoms with Crippen LogP contribution in [0.4, 0.5) is 15.9 Å². The lowest BCUT2D eigenvalue weighted by molar-refractivity contribution is 0.627. The fourth-order valence-corrected chi connectivity index (χ4v) is 1.72. The van der Waals surface area contributed by atoms with E-state index >= 15 is 0 Å². The first-order valence-electron chi connectivity index (χ1n) is 5.07. The summed E-state index contributed by atoms with van der Waals surface area (Å²) in [6.45, 7) is 1.85. The Labute approximate surface area is 104 Å². The zero-order valence-electron chi connectivity index (χ0n) is 9.48. The van der Waals surface area contributed by atoms with E-state index in [0.717, 1.165) is 5.56 Å². The molecule has 0 aliphatic rings. The monoisotopic (exact) mass is 251 g/mol. The molecule has 5 heteroatoms. The van der Waals surface area contributed by atoms with Gasteiger partial charge in [0.15, 0.2) is 0 Å². The Morgan fingerprint density at radius 1 is 1.29 bits per heavy atom. The van der Waals surface area contributed by atoms with Crippen molar-refractivity contribution in [1.82, 2.24) is 9.97 Å². The average molecular weight is 252 g/mol. The second kappa shape index (κ2) is 4.67. The predicted octanol–water partition coefficient (Wildman–Crippen LogP) is 3.35. The molecule has 17 heavy (non-hydrogen) atoms. The van der Waals surface area contributed by atoms with Gasteiger partial charge in [0.2, 0.25) is 5.28 Å². The van der Waals surface area contributed by atoms with Gasteiger partial charge in [0.1, 0.15) is 11.6 Å². The van der Waals surface area contributed by atoms with Gasteiger partial charge in [0.25, 0.3) is 0 Å². The molecule has 88 valence electrons. The third-order valence-corrected chi connectivity index (χ3v) is 2.63. The highest BCUT2D eigenvalue weighted by Crippen LogP contribution is 2.27. The molecule has 0 radical (unpaired) electrons. The number of anilines is 2. The number of nitrogens with zero attached hydrogens (tertiary/aromatic N) is 3. The summed E-state index contributed by atoms with van der Waals surface area (Å²) in [5.41, 5.74) is 1.28. The summed E-state index contributed by atoms with van der Waals surface area (Å²) >= 11 is 5.75. The molecule has 0 fully saturated rings. The maximum atomic E-state index is 13.6. The molecule has 0 N–H and O–H groups in total. The minimum Gasteiger partial charge on any atom is -0.327 e. The van der Waals surface area contributed by atoms with Crippen LogP contribution in [-0.4, -0.2) is 17.0 Å². The van der Waals surface area contributed by atoms with Crippen LogP contribution < -0.4 is 4.90 Å². The van der Waals surface area contributed by atoms with E-state index in [1.165, 1.54) is 6.07 Å². The molecule has 2 rings (SSSR count). The van der Waals surface area contributed by atoms with Crippen LogP contribution in [-0.2, 0) is 0 Å². The summed E-state index contributed by atoms with van der Waals surface area (Å²) in [6.07, 6.45) is 1.61. The molecule has 1 aromatic carbocycles. The third-order valence-electron chi connectivity index (χ3n) is 2.45. The highest BCUT2D eigenvalue weighted by molar-refractivity contribution is 6.28. The second-order valence-corrected chi connectivity index (χ2v) is 3.99. The Bertz CT molecular complexity index is 545. The zero-order chi connectivity index (χ0) is 12.4. The van der Waals surface area contributed by atoms with Crippen LogP contribution in [0.25, 0.3) is 0 Å². The van der Waals surface area contributed by atoms with Crippen molar-refractivity contribution in [3.05, 3.63) is 47.1 Å². The largest absolute Gasteiger partial charge is 0.327 e. The molecule has 0 atom stereocenters.